The fourth-order valence-corrected chi connectivity index (χ4v) is 6.13. The molecule has 0 atom stereocenters. The fourth-order valence-electron chi connectivity index (χ4n) is 3.21. The van der Waals surface area contributed by atoms with Gasteiger partial charge in [0.15, 0.2) is 5.01 Å². The highest BCUT2D eigenvalue weighted by Gasteiger charge is 2.43. The third-order valence-electron chi connectivity index (χ3n) is 4.75. The van der Waals surface area contributed by atoms with E-state index in [0.717, 1.165) is 4.57 Å². The van der Waals surface area contributed by atoms with Crippen LogP contribution in [-0.2, 0) is 21.3 Å². The predicted octanol–water partition coefficient (Wildman–Crippen LogP) is 2.38. The van der Waals surface area contributed by atoms with Gasteiger partial charge < -0.3 is 4.74 Å². The first kappa shape index (κ1) is 22.4. The minimum Gasteiger partial charge on any atom is -0.377 e. The van der Waals surface area contributed by atoms with Gasteiger partial charge in [-0.3, -0.25) is 4.57 Å². The summed E-state index contributed by atoms with van der Waals surface area (Å²) in [4.78, 5) is 12.7. The van der Waals surface area contributed by atoms with Crippen LogP contribution in [0.1, 0.15) is 18.4 Å². The van der Waals surface area contributed by atoms with Crippen molar-refractivity contribution in [2.24, 2.45) is 0 Å². The number of nitrogens with one attached hydrogen (secondary N) is 1. The van der Waals surface area contributed by atoms with E-state index in [9.17, 15) is 26.4 Å². The Hall–Kier alpha value is -1.81. The number of halogens is 4. The van der Waals surface area contributed by atoms with Gasteiger partial charge in [-0.15, -0.1) is 10.2 Å². The van der Waals surface area contributed by atoms with E-state index in [1.54, 1.807) is 6.92 Å². The molecule has 1 aromatic carbocycles. The summed E-state index contributed by atoms with van der Waals surface area (Å²) in [5.41, 5.74) is -1.46. The Morgan fingerprint density at radius 2 is 2.06 bits per heavy atom. The maximum atomic E-state index is 13.4. The molecule has 1 N–H and O–H groups in total. The number of imidazole rings is 1. The molecule has 0 unspecified atom stereocenters. The monoisotopic (exact) mass is 541 g/mol. The Balaban J connectivity index is 1.92. The Kier molecular flexibility index (Phi) is 5.74. The Bertz CT molecular complexity index is 1310. The first-order chi connectivity index (χ1) is 14.6. The van der Waals surface area contributed by atoms with E-state index in [2.05, 4.69) is 30.8 Å². The number of ether oxygens (including phenoxy) is 1. The number of benzene rings is 1. The number of hydrogen-bond donors (Lipinski definition) is 1. The molecule has 31 heavy (non-hydrogen) atoms. The molecule has 2 aromatic heterocycles. The van der Waals surface area contributed by atoms with E-state index < -0.39 is 39.4 Å². The Morgan fingerprint density at radius 1 is 1.35 bits per heavy atom. The van der Waals surface area contributed by atoms with Crippen molar-refractivity contribution in [3.63, 3.8) is 0 Å². The fraction of sp³-hybridized carbons (Fsp3) is 0.438. The van der Waals surface area contributed by atoms with E-state index in [0.29, 0.717) is 16.9 Å². The molecule has 0 saturated carbocycles. The van der Waals surface area contributed by atoms with Crippen molar-refractivity contribution in [2.75, 3.05) is 19.9 Å². The van der Waals surface area contributed by atoms with Crippen LogP contribution < -0.4 is 10.4 Å². The number of alkyl halides is 3. The maximum absolute atomic E-state index is 13.4. The smallest absolute Gasteiger partial charge is 0.335 e. The number of hydrogen-bond acceptors (Lipinski definition) is 7. The average molecular weight is 542 g/mol. The Morgan fingerprint density at radius 3 is 2.58 bits per heavy atom. The van der Waals surface area contributed by atoms with Gasteiger partial charge in [-0.1, -0.05) is 11.3 Å². The highest BCUT2D eigenvalue weighted by atomic mass is 79.9. The first-order valence-corrected chi connectivity index (χ1v) is 12.0. The first-order valence-electron chi connectivity index (χ1n) is 8.87. The maximum Gasteiger partial charge on any atom is 0.335 e. The molecule has 15 heteroatoms. The van der Waals surface area contributed by atoms with E-state index >= 15 is 0 Å². The molecule has 1 aliphatic rings. The van der Waals surface area contributed by atoms with Gasteiger partial charge in [0.05, 0.1) is 29.1 Å². The van der Waals surface area contributed by atoms with Crippen LogP contribution in [0.2, 0.25) is 0 Å². The van der Waals surface area contributed by atoms with E-state index in [1.165, 1.54) is 16.7 Å². The van der Waals surface area contributed by atoms with Crippen LogP contribution in [0.3, 0.4) is 0 Å². The summed E-state index contributed by atoms with van der Waals surface area (Å²) in [6.07, 6.45) is -2.87. The molecule has 1 fully saturated rings. The predicted molar refractivity (Wildman–Crippen MR) is 109 cm³/mol. The molecule has 0 amide bonds. The van der Waals surface area contributed by atoms with E-state index in [1.807, 2.05) is 0 Å². The number of aromatic nitrogens is 4. The lowest BCUT2D eigenvalue weighted by Gasteiger charge is -2.39. The number of aryl methyl sites for hydroxylation is 1. The van der Waals surface area contributed by atoms with Gasteiger partial charge in [0.1, 0.15) is 12.2 Å². The highest BCUT2D eigenvalue weighted by Crippen LogP contribution is 2.32. The second-order valence-corrected chi connectivity index (χ2v) is 10.4. The Labute approximate surface area is 186 Å². The zero-order valence-electron chi connectivity index (χ0n) is 15.8. The average Bonchev–Trinajstić information content (AvgIpc) is 3.27. The molecule has 168 valence electrons. The highest BCUT2D eigenvalue weighted by molar-refractivity contribution is 9.10. The summed E-state index contributed by atoms with van der Waals surface area (Å²) in [5.74, 6) is 0. The van der Waals surface area contributed by atoms with Gasteiger partial charge in [-0.05, 0) is 35.0 Å². The summed E-state index contributed by atoms with van der Waals surface area (Å²) < 4.78 is 75.1. The van der Waals surface area contributed by atoms with Crippen LogP contribution in [0, 0.1) is 0 Å². The summed E-state index contributed by atoms with van der Waals surface area (Å²) >= 11 is 3.81. The largest absolute Gasteiger partial charge is 0.377 e. The van der Waals surface area contributed by atoms with Crippen molar-refractivity contribution in [1.82, 2.24) is 24.1 Å². The van der Waals surface area contributed by atoms with Crippen LogP contribution in [0.15, 0.2) is 26.3 Å². The van der Waals surface area contributed by atoms with Crippen molar-refractivity contribution in [1.29, 1.82) is 0 Å². The van der Waals surface area contributed by atoms with E-state index in [-0.39, 0.29) is 39.8 Å². The normalized spacial score (nSPS) is 16.2. The minimum atomic E-state index is -4.20. The van der Waals surface area contributed by atoms with Crippen LogP contribution >= 0.6 is 27.3 Å². The SMILES string of the molecule is CCn1c(=O)n(-c2nnc(C(F)F)s2)c2cc(S(=O)(=O)NC3(CF)COC3)cc(Br)c21. The molecular formula is C16H15BrF3N5O4S2. The standard InChI is InChI=1S/C16H15BrF3N5O4S2/c1-2-24-11-9(17)3-8(31(27,28)23-16(5-18)6-29-7-16)4-10(11)25(15(24)26)14-22-21-13(30-14)12(19)20/h3-4,12,23H,2,5-7H2,1H3. The number of sulfonamides is 1. The summed E-state index contributed by atoms with van der Waals surface area (Å²) in [6, 6.07) is 2.50. The molecular weight excluding hydrogens is 527 g/mol. The van der Waals surface area contributed by atoms with Crippen molar-refractivity contribution < 1.29 is 26.3 Å². The number of nitrogens with zero attached hydrogens (tertiary/aromatic N) is 4. The van der Waals surface area contributed by atoms with Crippen LogP contribution in [0.25, 0.3) is 16.2 Å². The van der Waals surface area contributed by atoms with Crippen LogP contribution in [0.4, 0.5) is 13.2 Å². The molecule has 1 saturated heterocycles. The zero-order chi connectivity index (χ0) is 22.6. The number of rotatable bonds is 7. The summed E-state index contributed by atoms with van der Waals surface area (Å²) in [6.45, 7) is 0.770. The van der Waals surface area contributed by atoms with Gasteiger partial charge in [0.2, 0.25) is 15.2 Å². The quantitative estimate of drug-likeness (QED) is 0.492. The van der Waals surface area contributed by atoms with Gasteiger partial charge >= 0.3 is 5.69 Å². The third kappa shape index (κ3) is 3.71. The van der Waals surface area contributed by atoms with Crippen molar-refractivity contribution in [3.8, 4) is 5.13 Å². The molecule has 0 radical (unpaired) electrons. The molecule has 3 aromatic rings. The number of fused-ring (bicyclic) bond motifs is 1. The molecule has 9 nitrogen and oxygen atoms in total. The lowest BCUT2D eigenvalue weighted by atomic mass is 10.0. The van der Waals surface area contributed by atoms with Gasteiger partial charge in [-0.2, -0.15) is 4.72 Å². The zero-order valence-corrected chi connectivity index (χ0v) is 19.0. The van der Waals surface area contributed by atoms with Crippen molar-refractivity contribution >= 4 is 48.3 Å². The van der Waals surface area contributed by atoms with Crippen LogP contribution in [-0.4, -0.2) is 53.2 Å². The second kappa shape index (κ2) is 7.95. The topological polar surface area (TPSA) is 108 Å². The second-order valence-electron chi connectivity index (χ2n) is 6.87. The molecule has 4 rings (SSSR count). The van der Waals surface area contributed by atoms with Gasteiger partial charge in [0, 0.05) is 11.0 Å². The summed E-state index contributed by atoms with van der Waals surface area (Å²) in [5, 5.41) is 6.38. The molecule has 3 heterocycles. The molecule has 1 aliphatic heterocycles. The summed E-state index contributed by atoms with van der Waals surface area (Å²) in [7, 11) is -4.20. The van der Waals surface area contributed by atoms with Gasteiger partial charge in [-0.25, -0.2) is 31.0 Å². The molecule has 0 bridgehead atoms. The molecule has 0 aliphatic carbocycles. The van der Waals surface area contributed by atoms with Crippen molar-refractivity contribution in [3.05, 3.63) is 32.1 Å². The third-order valence-corrected chi connectivity index (χ3v) is 7.83. The lowest BCUT2D eigenvalue weighted by molar-refractivity contribution is -0.0725. The minimum absolute atomic E-state index is 0.107. The van der Waals surface area contributed by atoms with Gasteiger partial charge in [0.25, 0.3) is 6.43 Å². The lowest BCUT2D eigenvalue weighted by Crippen LogP contribution is -2.63. The molecule has 0 spiro atoms. The van der Waals surface area contributed by atoms with Crippen LogP contribution in [0.5, 0.6) is 0 Å². The van der Waals surface area contributed by atoms with E-state index in [4.69, 9.17) is 4.74 Å². The van der Waals surface area contributed by atoms with Crippen molar-refractivity contribution in [2.45, 2.75) is 30.3 Å².